The Hall–Kier alpha value is -2.19. The van der Waals surface area contributed by atoms with E-state index in [4.69, 9.17) is 5.11 Å². The summed E-state index contributed by atoms with van der Waals surface area (Å²) in [5.74, 6) is -2.48. The zero-order valence-corrected chi connectivity index (χ0v) is 12.2. The van der Waals surface area contributed by atoms with E-state index in [1.807, 2.05) is 0 Å². The molecule has 9 heteroatoms. The van der Waals surface area contributed by atoms with Crippen molar-refractivity contribution >= 4 is 12.0 Å². The van der Waals surface area contributed by atoms with E-state index in [2.05, 4.69) is 9.97 Å². The van der Waals surface area contributed by atoms with E-state index in [-0.39, 0.29) is 24.2 Å². The van der Waals surface area contributed by atoms with Crippen molar-refractivity contribution in [2.75, 3.05) is 6.54 Å². The third kappa shape index (κ3) is 2.75. The van der Waals surface area contributed by atoms with Crippen molar-refractivity contribution in [1.82, 2.24) is 14.9 Å². The van der Waals surface area contributed by atoms with Gasteiger partial charge in [-0.2, -0.15) is 13.2 Å². The number of fused-ring (bicyclic) bond motifs is 1. The zero-order chi connectivity index (χ0) is 16.9. The summed E-state index contributed by atoms with van der Waals surface area (Å²) in [5, 5.41) is 8.93. The van der Waals surface area contributed by atoms with Crippen molar-refractivity contribution in [2.24, 2.45) is 0 Å². The van der Waals surface area contributed by atoms with Crippen LogP contribution in [0.25, 0.3) is 0 Å². The normalized spacial score (nSPS) is 15.7. The standard InChI is InChI=1S/C13H14F3N3O3/c1-12(2,3)8-6-4-5-19(11(21)22)9(20)7(6)17-10(18-8)13(14,15)16/h4-5H2,1-3H3,(H,21,22). The van der Waals surface area contributed by atoms with Gasteiger partial charge in [-0.25, -0.2) is 19.7 Å². The zero-order valence-electron chi connectivity index (χ0n) is 12.2. The highest BCUT2D eigenvalue weighted by Crippen LogP contribution is 2.33. The number of nitrogens with zero attached hydrogens (tertiary/aromatic N) is 3. The van der Waals surface area contributed by atoms with Gasteiger partial charge in [-0.05, 0) is 6.42 Å². The summed E-state index contributed by atoms with van der Waals surface area (Å²) in [6, 6.07) is 0. The first-order valence-electron chi connectivity index (χ1n) is 6.46. The number of rotatable bonds is 0. The van der Waals surface area contributed by atoms with E-state index in [0.29, 0.717) is 4.90 Å². The monoisotopic (exact) mass is 317 g/mol. The molecule has 1 aliphatic heterocycles. The highest BCUT2D eigenvalue weighted by molar-refractivity contribution is 6.03. The molecule has 1 N–H and O–H groups in total. The average Bonchev–Trinajstić information content (AvgIpc) is 2.35. The summed E-state index contributed by atoms with van der Waals surface area (Å²) >= 11 is 0. The van der Waals surface area contributed by atoms with E-state index in [9.17, 15) is 22.8 Å². The summed E-state index contributed by atoms with van der Waals surface area (Å²) in [6.07, 6.45) is -6.24. The summed E-state index contributed by atoms with van der Waals surface area (Å²) in [5.41, 5.74) is -0.828. The van der Waals surface area contributed by atoms with Crippen LogP contribution in [0.4, 0.5) is 18.0 Å². The van der Waals surface area contributed by atoms with Gasteiger partial charge in [-0.3, -0.25) is 4.79 Å². The number of amides is 2. The highest BCUT2D eigenvalue weighted by atomic mass is 19.4. The number of carboxylic acid groups (broad SMARTS) is 1. The Balaban J connectivity index is 2.71. The molecule has 120 valence electrons. The van der Waals surface area contributed by atoms with Crippen molar-refractivity contribution in [2.45, 2.75) is 38.8 Å². The van der Waals surface area contributed by atoms with Crippen LogP contribution in [0, 0.1) is 0 Å². The second-order valence-electron chi connectivity index (χ2n) is 5.96. The number of imide groups is 1. The molecule has 22 heavy (non-hydrogen) atoms. The molecule has 0 saturated carbocycles. The first kappa shape index (κ1) is 16.2. The van der Waals surface area contributed by atoms with Crippen LogP contribution in [0.5, 0.6) is 0 Å². The number of carbonyl (C=O) groups excluding carboxylic acids is 1. The number of carbonyl (C=O) groups is 2. The van der Waals surface area contributed by atoms with Gasteiger partial charge >= 0.3 is 12.3 Å². The topological polar surface area (TPSA) is 83.4 Å². The lowest BCUT2D eigenvalue weighted by atomic mass is 9.85. The number of hydrogen-bond donors (Lipinski definition) is 1. The Morgan fingerprint density at radius 1 is 1.23 bits per heavy atom. The quantitative estimate of drug-likeness (QED) is 0.794. The second kappa shape index (κ2) is 4.92. The Labute approximate surface area is 124 Å². The molecule has 1 aliphatic rings. The largest absolute Gasteiger partial charge is 0.465 e. The average molecular weight is 317 g/mol. The van der Waals surface area contributed by atoms with Gasteiger partial charge in [0.25, 0.3) is 5.91 Å². The van der Waals surface area contributed by atoms with E-state index in [1.165, 1.54) is 0 Å². The summed E-state index contributed by atoms with van der Waals surface area (Å²) in [7, 11) is 0. The minimum Gasteiger partial charge on any atom is -0.465 e. The van der Waals surface area contributed by atoms with Crippen LogP contribution >= 0.6 is 0 Å². The third-order valence-corrected chi connectivity index (χ3v) is 3.24. The van der Waals surface area contributed by atoms with Gasteiger partial charge in [-0.1, -0.05) is 20.8 Å². The predicted molar refractivity (Wildman–Crippen MR) is 68.5 cm³/mol. The van der Waals surface area contributed by atoms with Crippen LogP contribution in [0.1, 0.15) is 48.3 Å². The number of aromatic nitrogens is 2. The second-order valence-corrected chi connectivity index (χ2v) is 5.96. The molecule has 1 aromatic heterocycles. The van der Waals surface area contributed by atoms with Crippen LogP contribution in [0.3, 0.4) is 0 Å². The molecule has 0 bridgehead atoms. The maximum atomic E-state index is 12.9. The minimum atomic E-state index is -4.82. The van der Waals surface area contributed by atoms with Crippen LogP contribution in [0.2, 0.25) is 0 Å². The molecule has 0 aromatic carbocycles. The lowest BCUT2D eigenvalue weighted by Gasteiger charge is -2.29. The van der Waals surface area contributed by atoms with E-state index >= 15 is 0 Å². The molecule has 0 radical (unpaired) electrons. The number of halogens is 3. The number of alkyl halides is 3. The van der Waals surface area contributed by atoms with E-state index < -0.39 is 35.1 Å². The van der Waals surface area contributed by atoms with Gasteiger partial charge in [0.1, 0.15) is 5.69 Å². The molecule has 0 aliphatic carbocycles. The van der Waals surface area contributed by atoms with Gasteiger partial charge in [0.2, 0.25) is 5.82 Å². The van der Waals surface area contributed by atoms with E-state index in [0.717, 1.165) is 0 Å². The first-order chi connectivity index (χ1) is 9.93. The molecule has 0 unspecified atom stereocenters. The van der Waals surface area contributed by atoms with Crippen molar-refractivity contribution in [3.63, 3.8) is 0 Å². The molecule has 0 atom stereocenters. The molecular weight excluding hydrogens is 303 g/mol. The fraction of sp³-hybridized carbons (Fsp3) is 0.538. The Morgan fingerprint density at radius 3 is 2.27 bits per heavy atom. The molecule has 0 fully saturated rings. The van der Waals surface area contributed by atoms with Crippen LogP contribution in [0.15, 0.2) is 0 Å². The lowest BCUT2D eigenvalue weighted by Crippen LogP contribution is -2.43. The molecular formula is C13H14F3N3O3. The lowest BCUT2D eigenvalue weighted by molar-refractivity contribution is -0.145. The fourth-order valence-corrected chi connectivity index (χ4v) is 2.28. The predicted octanol–water partition coefficient (Wildman–Crippen LogP) is 2.47. The van der Waals surface area contributed by atoms with Crippen molar-refractivity contribution in [3.05, 3.63) is 22.8 Å². The Morgan fingerprint density at radius 2 is 1.82 bits per heavy atom. The smallest absolute Gasteiger partial charge is 0.451 e. The summed E-state index contributed by atoms with van der Waals surface area (Å²) in [4.78, 5) is 30.4. The summed E-state index contributed by atoms with van der Waals surface area (Å²) in [6.45, 7) is 4.89. The maximum absolute atomic E-state index is 12.9. The van der Waals surface area contributed by atoms with Crippen molar-refractivity contribution in [1.29, 1.82) is 0 Å². The summed E-state index contributed by atoms with van der Waals surface area (Å²) < 4.78 is 38.8. The van der Waals surface area contributed by atoms with Crippen LogP contribution in [-0.2, 0) is 18.0 Å². The molecule has 0 spiro atoms. The SMILES string of the molecule is CC(C)(C)c1nc(C(F)(F)F)nc2c1CCN(C(=O)O)C2=O. The van der Waals surface area contributed by atoms with Gasteiger partial charge < -0.3 is 5.11 Å². The minimum absolute atomic E-state index is 0.0954. The van der Waals surface area contributed by atoms with Crippen molar-refractivity contribution < 1.29 is 27.9 Å². The molecule has 2 rings (SSSR count). The highest BCUT2D eigenvalue weighted by Gasteiger charge is 2.41. The Kier molecular flexibility index (Phi) is 3.62. The number of hydrogen-bond acceptors (Lipinski definition) is 4. The Bertz CT molecular complexity index is 650. The molecule has 1 aromatic rings. The molecule has 2 amide bonds. The maximum Gasteiger partial charge on any atom is 0.451 e. The molecule has 6 nitrogen and oxygen atoms in total. The van der Waals surface area contributed by atoms with Gasteiger partial charge in [-0.15, -0.1) is 0 Å². The molecule has 2 heterocycles. The van der Waals surface area contributed by atoms with Gasteiger partial charge in [0, 0.05) is 17.5 Å². The third-order valence-electron chi connectivity index (χ3n) is 3.24. The fourth-order valence-electron chi connectivity index (χ4n) is 2.28. The van der Waals surface area contributed by atoms with Crippen molar-refractivity contribution in [3.8, 4) is 0 Å². The van der Waals surface area contributed by atoms with Crippen LogP contribution < -0.4 is 0 Å². The van der Waals surface area contributed by atoms with E-state index in [1.54, 1.807) is 20.8 Å². The first-order valence-corrected chi connectivity index (χ1v) is 6.46. The molecule has 0 saturated heterocycles. The van der Waals surface area contributed by atoms with Crippen LogP contribution in [-0.4, -0.2) is 38.5 Å². The van der Waals surface area contributed by atoms with Gasteiger partial charge in [0.05, 0.1) is 5.69 Å². The van der Waals surface area contributed by atoms with Gasteiger partial charge in [0.15, 0.2) is 0 Å².